The van der Waals surface area contributed by atoms with Crippen LogP contribution in [0.15, 0.2) is 22.2 Å². The van der Waals surface area contributed by atoms with Gasteiger partial charge in [0, 0.05) is 36.7 Å². The molecule has 2 fully saturated rings. The Morgan fingerprint density at radius 2 is 2.15 bits per heavy atom. The van der Waals surface area contributed by atoms with E-state index in [-0.39, 0.29) is 17.9 Å². The molecule has 2 saturated heterocycles. The lowest BCUT2D eigenvalue weighted by Crippen LogP contribution is -2.60. The molecule has 142 valence electrons. The molecular formula is C20H26N6O. The van der Waals surface area contributed by atoms with Crippen LogP contribution < -0.4 is 10.7 Å². The van der Waals surface area contributed by atoms with Crippen LogP contribution in [0.5, 0.6) is 0 Å². The Hall–Kier alpha value is -2.62. The molecule has 1 N–H and O–H groups in total. The Kier molecular flexibility index (Phi) is 4.97. The summed E-state index contributed by atoms with van der Waals surface area (Å²) < 4.78 is 0. The average Bonchev–Trinajstić information content (AvgIpc) is 2.91. The lowest BCUT2D eigenvalue weighted by Gasteiger charge is -2.50. The molecule has 0 radical (unpaired) electrons. The summed E-state index contributed by atoms with van der Waals surface area (Å²) >= 11 is 0. The topological polar surface area (TPSA) is 87.9 Å². The summed E-state index contributed by atoms with van der Waals surface area (Å²) in [5.74, 6) is -0.0116. The van der Waals surface area contributed by atoms with E-state index in [1.165, 1.54) is 5.70 Å². The van der Waals surface area contributed by atoms with E-state index in [1.807, 2.05) is 11.1 Å². The minimum atomic E-state index is -0.167. The van der Waals surface area contributed by atoms with Crippen LogP contribution in [0.2, 0.25) is 0 Å². The largest absolute Gasteiger partial charge is 0.370 e. The summed E-state index contributed by atoms with van der Waals surface area (Å²) in [6.07, 6.45) is 9.91. The summed E-state index contributed by atoms with van der Waals surface area (Å²) in [6, 6.07) is 4.12. The second kappa shape index (κ2) is 7.55. The number of piperidine rings is 1. The highest BCUT2D eigenvalue weighted by Gasteiger charge is 2.43. The Bertz CT molecular complexity index is 894. The zero-order valence-electron chi connectivity index (χ0n) is 15.7. The zero-order chi connectivity index (χ0) is 18.7. The van der Waals surface area contributed by atoms with Gasteiger partial charge >= 0.3 is 0 Å². The van der Waals surface area contributed by atoms with Crippen molar-refractivity contribution in [2.75, 3.05) is 26.2 Å². The van der Waals surface area contributed by atoms with Crippen molar-refractivity contribution in [2.24, 2.45) is 9.98 Å². The zero-order valence-corrected chi connectivity index (χ0v) is 15.7. The molecule has 1 aromatic rings. The Labute approximate surface area is 159 Å². The molecule has 0 aromatic carbocycles. The molecule has 1 atom stereocenters. The van der Waals surface area contributed by atoms with Crippen molar-refractivity contribution in [3.05, 3.63) is 23.0 Å². The number of aromatic nitrogens is 1. The maximum absolute atomic E-state index is 12.8. The van der Waals surface area contributed by atoms with Crippen LogP contribution in [0.1, 0.15) is 44.9 Å². The lowest BCUT2D eigenvalue weighted by atomic mass is 9.82. The summed E-state index contributed by atoms with van der Waals surface area (Å²) in [6.45, 7) is 3.17. The Morgan fingerprint density at radius 1 is 1.26 bits per heavy atom. The summed E-state index contributed by atoms with van der Waals surface area (Å²) in [7, 11) is 0. The molecule has 0 saturated carbocycles. The average molecular weight is 366 g/mol. The van der Waals surface area contributed by atoms with Crippen molar-refractivity contribution >= 4 is 17.9 Å². The smallest absolute Gasteiger partial charge is 0.237 e. The number of hydrogen-bond donors (Lipinski definition) is 1. The molecule has 7 heteroatoms. The molecule has 1 amide bonds. The number of nitriles is 1. The van der Waals surface area contributed by atoms with Crippen molar-refractivity contribution in [3.63, 3.8) is 0 Å². The minimum Gasteiger partial charge on any atom is -0.370 e. The minimum absolute atomic E-state index is 0.0116. The van der Waals surface area contributed by atoms with Crippen LogP contribution in [0.25, 0.3) is 5.70 Å². The van der Waals surface area contributed by atoms with Gasteiger partial charge in [0.2, 0.25) is 5.91 Å². The van der Waals surface area contributed by atoms with E-state index >= 15 is 0 Å². The second-order valence-electron chi connectivity index (χ2n) is 7.71. The number of carbonyl (C=O) groups excluding carboxylic acids is 1. The highest BCUT2D eigenvalue weighted by molar-refractivity contribution is 5.79. The van der Waals surface area contributed by atoms with Crippen LogP contribution in [0.3, 0.4) is 0 Å². The molecule has 4 heterocycles. The number of fused-ring (bicyclic) bond motifs is 1. The first-order valence-electron chi connectivity index (χ1n) is 9.89. The van der Waals surface area contributed by atoms with E-state index in [0.717, 1.165) is 68.9 Å². The third-order valence-corrected chi connectivity index (χ3v) is 6.11. The molecular weight excluding hydrogens is 340 g/mol. The first-order valence-corrected chi connectivity index (χ1v) is 9.89. The number of H-pyrrole nitrogens is 1. The number of nitrogens with zero attached hydrogens (tertiary/aromatic N) is 5. The molecule has 0 aliphatic carbocycles. The van der Waals surface area contributed by atoms with E-state index in [1.54, 1.807) is 6.34 Å². The fourth-order valence-electron chi connectivity index (χ4n) is 4.87. The Morgan fingerprint density at radius 3 is 3.04 bits per heavy atom. The summed E-state index contributed by atoms with van der Waals surface area (Å²) in [5.41, 5.74) is 1.86. The first-order chi connectivity index (χ1) is 13.2. The second-order valence-corrected chi connectivity index (χ2v) is 7.71. The molecule has 1 aromatic heterocycles. The van der Waals surface area contributed by atoms with Crippen LogP contribution in [-0.2, 0) is 4.79 Å². The van der Waals surface area contributed by atoms with Gasteiger partial charge in [0.25, 0.3) is 0 Å². The number of nitrogens with one attached hydrogen (secondary N) is 1. The molecule has 3 aliphatic rings. The van der Waals surface area contributed by atoms with E-state index in [4.69, 9.17) is 5.26 Å². The molecule has 1 unspecified atom stereocenters. The number of amides is 1. The molecule has 3 aliphatic heterocycles. The van der Waals surface area contributed by atoms with Crippen LogP contribution >= 0.6 is 0 Å². The highest BCUT2D eigenvalue weighted by atomic mass is 16.2. The molecule has 4 rings (SSSR count). The van der Waals surface area contributed by atoms with Gasteiger partial charge in [-0.3, -0.25) is 9.79 Å². The Balaban J connectivity index is 1.70. The van der Waals surface area contributed by atoms with Gasteiger partial charge in [0.1, 0.15) is 18.2 Å². The monoisotopic (exact) mass is 366 g/mol. The normalized spacial score (nSPS) is 25.4. The summed E-state index contributed by atoms with van der Waals surface area (Å²) in [5, 5.41) is 10.2. The quantitative estimate of drug-likeness (QED) is 0.845. The van der Waals surface area contributed by atoms with Crippen molar-refractivity contribution in [3.8, 4) is 6.07 Å². The van der Waals surface area contributed by atoms with Gasteiger partial charge in [-0.25, -0.2) is 4.99 Å². The fraction of sp³-hybridized carbons (Fsp3) is 0.600. The van der Waals surface area contributed by atoms with Gasteiger partial charge in [-0.2, -0.15) is 5.26 Å². The molecule has 27 heavy (non-hydrogen) atoms. The number of carbonyl (C=O) groups is 1. The number of likely N-dealkylation sites (tertiary alicyclic amines) is 2. The third kappa shape index (κ3) is 3.36. The first kappa shape index (κ1) is 17.8. The predicted molar refractivity (Wildman–Crippen MR) is 102 cm³/mol. The van der Waals surface area contributed by atoms with Gasteiger partial charge in [-0.05, 0) is 31.7 Å². The van der Waals surface area contributed by atoms with Gasteiger partial charge in [0.15, 0.2) is 0 Å². The molecule has 0 bridgehead atoms. The van der Waals surface area contributed by atoms with E-state index < -0.39 is 0 Å². The maximum Gasteiger partial charge on any atom is 0.237 e. The number of hydrogen-bond acceptors (Lipinski definition) is 5. The summed E-state index contributed by atoms with van der Waals surface area (Å²) in [4.78, 5) is 29.2. The predicted octanol–water partition coefficient (Wildman–Crippen LogP) is 0.935. The van der Waals surface area contributed by atoms with Gasteiger partial charge in [-0.1, -0.05) is 12.8 Å². The molecule has 1 spiro atoms. The van der Waals surface area contributed by atoms with E-state index in [0.29, 0.717) is 6.54 Å². The van der Waals surface area contributed by atoms with Crippen molar-refractivity contribution in [2.45, 2.75) is 50.5 Å². The number of aromatic amines is 1. The van der Waals surface area contributed by atoms with E-state index in [2.05, 4.69) is 32.0 Å². The molecule has 7 nitrogen and oxygen atoms in total. The van der Waals surface area contributed by atoms with Crippen molar-refractivity contribution < 1.29 is 4.79 Å². The van der Waals surface area contributed by atoms with Crippen LogP contribution in [0, 0.1) is 11.3 Å². The SMILES string of the molecule is N#CCC(=O)N1CCCCCC12CCCN(C1=c3cc[nH]c3=NC=NC1)C2. The third-order valence-electron chi connectivity index (χ3n) is 6.11. The van der Waals surface area contributed by atoms with Crippen molar-refractivity contribution in [1.82, 2.24) is 14.8 Å². The van der Waals surface area contributed by atoms with E-state index in [9.17, 15) is 4.79 Å². The van der Waals surface area contributed by atoms with Crippen LogP contribution in [-0.4, -0.2) is 58.7 Å². The fourth-order valence-corrected chi connectivity index (χ4v) is 4.87. The van der Waals surface area contributed by atoms with Gasteiger partial charge in [0.05, 0.1) is 18.2 Å². The highest BCUT2D eigenvalue weighted by Crippen LogP contribution is 2.37. The lowest BCUT2D eigenvalue weighted by molar-refractivity contribution is -0.138. The van der Waals surface area contributed by atoms with Gasteiger partial charge in [-0.15, -0.1) is 0 Å². The van der Waals surface area contributed by atoms with Crippen molar-refractivity contribution in [1.29, 1.82) is 5.26 Å². The standard InChI is InChI=1S/C20H26N6O/c21-9-5-18(27)26-12-3-1-2-7-20(26)8-4-11-25(14-20)17-13-22-15-24-19-16(17)6-10-23-19/h6,10,15H,1-5,7-8,11-14H2,(H,22,23,24). The maximum atomic E-state index is 12.8. The van der Waals surface area contributed by atoms with Crippen LogP contribution in [0.4, 0.5) is 0 Å². The number of aliphatic imine (C=N–C) groups is 1. The number of rotatable bonds is 2. The van der Waals surface area contributed by atoms with Gasteiger partial charge < -0.3 is 14.8 Å².